The summed E-state index contributed by atoms with van der Waals surface area (Å²) in [6.45, 7) is 6.49. The molecule has 1 rings (SSSR count). The fourth-order valence-corrected chi connectivity index (χ4v) is 3.02. The predicted octanol–water partition coefficient (Wildman–Crippen LogP) is 2.67. The maximum absolute atomic E-state index is 11.3. The summed E-state index contributed by atoms with van der Waals surface area (Å²) in [5.74, 6) is 0.625. The van der Waals surface area contributed by atoms with Crippen LogP contribution in [0.3, 0.4) is 0 Å². The molecule has 0 aliphatic rings. The number of hydrogen-bond acceptors (Lipinski definition) is 5. The van der Waals surface area contributed by atoms with Crippen molar-refractivity contribution < 1.29 is 9.53 Å². The number of methoxy groups -OCH3 is 1. The minimum Gasteiger partial charge on any atom is -0.492 e. The topological polar surface area (TPSA) is 90.4 Å². The van der Waals surface area contributed by atoms with Crippen molar-refractivity contribution in [1.82, 2.24) is 0 Å². The van der Waals surface area contributed by atoms with Gasteiger partial charge in [-0.05, 0) is 19.3 Å². The number of nitrogens with one attached hydrogen (secondary N) is 1. The van der Waals surface area contributed by atoms with Crippen LogP contribution in [0.25, 0.3) is 0 Å². The second-order valence-electron chi connectivity index (χ2n) is 4.87. The number of nitrogen functional groups attached to an aromatic ring is 1. The van der Waals surface area contributed by atoms with Crippen molar-refractivity contribution in [2.24, 2.45) is 11.7 Å². The molecule has 5 nitrogen and oxygen atoms in total. The average molecular weight is 285 g/mol. The van der Waals surface area contributed by atoms with Gasteiger partial charge in [0, 0.05) is 6.04 Å². The Hall–Kier alpha value is -1.43. The van der Waals surface area contributed by atoms with Crippen molar-refractivity contribution in [3.8, 4) is 5.75 Å². The summed E-state index contributed by atoms with van der Waals surface area (Å²) < 4.78 is 5.25. The van der Waals surface area contributed by atoms with Gasteiger partial charge in [-0.3, -0.25) is 4.79 Å². The van der Waals surface area contributed by atoms with E-state index in [1.54, 1.807) is 0 Å². The zero-order valence-corrected chi connectivity index (χ0v) is 12.8. The number of thiophene rings is 1. The molecule has 0 radical (unpaired) electrons. The molecule has 19 heavy (non-hydrogen) atoms. The van der Waals surface area contributed by atoms with Gasteiger partial charge in [-0.15, -0.1) is 11.3 Å². The van der Waals surface area contributed by atoms with E-state index in [-0.39, 0.29) is 6.04 Å². The molecule has 6 heteroatoms. The highest BCUT2D eigenvalue weighted by atomic mass is 32.1. The SMILES string of the molecule is CCC(C)CC(C)Nc1sc(C(N)=O)c(N)c1OC. The van der Waals surface area contributed by atoms with E-state index in [4.69, 9.17) is 16.2 Å². The number of carbonyl (C=O) groups excluding carboxylic acids is 1. The summed E-state index contributed by atoms with van der Waals surface area (Å²) in [6, 6.07) is 0.280. The standard InChI is InChI=1S/C13H23N3O2S/c1-5-7(2)6-8(3)16-13-10(18-4)9(14)11(19-13)12(15)17/h7-8,16H,5-6,14H2,1-4H3,(H2,15,17). The molecule has 0 bridgehead atoms. The van der Waals surface area contributed by atoms with Gasteiger partial charge in [-0.2, -0.15) is 0 Å². The minimum atomic E-state index is -0.525. The Morgan fingerprint density at radius 1 is 1.47 bits per heavy atom. The average Bonchev–Trinajstić information content (AvgIpc) is 2.65. The number of rotatable bonds is 7. The number of carbonyl (C=O) groups is 1. The molecule has 2 atom stereocenters. The van der Waals surface area contributed by atoms with E-state index in [0.717, 1.165) is 17.8 Å². The van der Waals surface area contributed by atoms with Crippen LogP contribution in [0.2, 0.25) is 0 Å². The van der Waals surface area contributed by atoms with Crippen molar-refractivity contribution in [3.63, 3.8) is 0 Å². The fraction of sp³-hybridized carbons (Fsp3) is 0.615. The van der Waals surface area contributed by atoms with Gasteiger partial charge in [0.1, 0.15) is 15.6 Å². The molecule has 1 aromatic rings. The lowest BCUT2D eigenvalue weighted by atomic mass is 10.0. The first-order valence-electron chi connectivity index (χ1n) is 6.43. The summed E-state index contributed by atoms with van der Waals surface area (Å²) in [6.07, 6.45) is 2.19. The number of ether oxygens (including phenoxy) is 1. The third kappa shape index (κ3) is 3.76. The third-order valence-electron chi connectivity index (χ3n) is 3.16. The molecule has 1 aromatic heterocycles. The highest BCUT2D eigenvalue weighted by Crippen LogP contribution is 2.42. The molecule has 0 saturated heterocycles. The van der Waals surface area contributed by atoms with E-state index in [1.165, 1.54) is 18.4 Å². The largest absolute Gasteiger partial charge is 0.492 e. The quantitative estimate of drug-likeness (QED) is 0.718. The van der Waals surface area contributed by atoms with Crippen molar-refractivity contribution in [1.29, 1.82) is 0 Å². The fourth-order valence-electron chi connectivity index (χ4n) is 1.96. The van der Waals surface area contributed by atoms with Crippen LogP contribution >= 0.6 is 11.3 Å². The van der Waals surface area contributed by atoms with Crippen molar-refractivity contribution in [2.75, 3.05) is 18.2 Å². The highest BCUT2D eigenvalue weighted by molar-refractivity contribution is 7.19. The Bertz CT molecular complexity index is 445. The van der Waals surface area contributed by atoms with E-state index in [2.05, 4.69) is 26.1 Å². The maximum atomic E-state index is 11.3. The lowest BCUT2D eigenvalue weighted by molar-refractivity contribution is 0.100. The number of hydrogen-bond donors (Lipinski definition) is 3. The van der Waals surface area contributed by atoms with Gasteiger partial charge in [0.25, 0.3) is 5.91 Å². The lowest BCUT2D eigenvalue weighted by Gasteiger charge is -2.18. The highest BCUT2D eigenvalue weighted by Gasteiger charge is 2.21. The first kappa shape index (κ1) is 15.6. The smallest absolute Gasteiger partial charge is 0.261 e. The van der Waals surface area contributed by atoms with E-state index in [1.807, 2.05) is 0 Å². The van der Waals surface area contributed by atoms with Gasteiger partial charge in [0.05, 0.1) is 7.11 Å². The van der Waals surface area contributed by atoms with Crippen LogP contribution in [0.15, 0.2) is 0 Å². The number of amides is 1. The molecule has 0 aromatic carbocycles. The maximum Gasteiger partial charge on any atom is 0.261 e. The van der Waals surface area contributed by atoms with Crippen LogP contribution in [0.5, 0.6) is 5.75 Å². The molecule has 0 aliphatic heterocycles. The second kappa shape index (κ2) is 6.65. The van der Waals surface area contributed by atoms with Crippen LogP contribution in [0, 0.1) is 5.92 Å². The summed E-state index contributed by atoms with van der Waals surface area (Å²) in [5.41, 5.74) is 11.5. The van der Waals surface area contributed by atoms with Gasteiger partial charge in [0.2, 0.25) is 0 Å². The minimum absolute atomic E-state index is 0.280. The van der Waals surface area contributed by atoms with Crippen LogP contribution < -0.4 is 21.5 Å². The zero-order valence-electron chi connectivity index (χ0n) is 11.9. The Balaban J connectivity index is 2.88. The molecule has 5 N–H and O–H groups in total. The summed E-state index contributed by atoms with van der Waals surface area (Å²) in [7, 11) is 1.54. The zero-order chi connectivity index (χ0) is 14.6. The molecule has 0 saturated carbocycles. The summed E-state index contributed by atoms with van der Waals surface area (Å²) >= 11 is 1.25. The monoisotopic (exact) mass is 285 g/mol. The first-order valence-corrected chi connectivity index (χ1v) is 7.24. The van der Waals surface area contributed by atoms with Crippen molar-refractivity contribution in [2.45, 2.75) is 39.7 Å². The predicted molar refractivity (Wildman–Crippen MR) is 81.0 cm³/mol. The van der Waals surface area contributed by atoms with E-state index >= 15 is 0 Å². The molecule has 1 amide bonds. The normalized spacial score (nSPS) is 13.9. The summed E-state index contributed by atoms with van der Waals surface area (Å²) in [4.78, 5) is 11.6. The van der Waals surface area contributed by atoms with E-state index in [0.29, 0.717) is 22.2 Å². The second-order valence-corrected chi connectivity index (χ2v) is 5.89. The Morgan fingerprint density at radius 3 is 2.58 bits per heavy atom. The molecule has 2 unspecified atom stereocenters. The van der Waals surface area contributed by atoms with Gasteiger partial charge in [-0.1, -0.05) is 20.3 Å². The summed E-state index contributed by atoms with van der Waals surface area (Å²) in [5, 5.41) is 4.12. The molecule has 0 spiro atoms. The number of primary amides is 1. The van der Waals surface area contributed by atoms with E-state index in [9.17, 15) is 4.79 Å². The molecule has 0 fully saturated rings. The van der Waals surface area contributed by atoms with Crippen LogP contribution in [-0.2, 0) is 0 Å². The Labute approximate surface area is 118 Å². The molecule has 0 aliphatic carbocycles. The molecular formula is C13H23N3O2S. The van der Waals surface area contributed by atoms with E-state index < -0.39 is 5.91 Å². The van der Waals surface area contributed by atoms with Crippen molar-refractivity contribution in [3.05, 3.63) is 4.88 Å². The molecule has 108 valence electrons. The Morgan fingerprint density at radius 2 is 2.11 bits per heavy atom. The van der Waals surface area contributed by atoms with Gasteiger partial charge in [0.15, 0.2) is 5.75 Å². The molecule has 1 heterocycles. The van der Waals surface area contributed by atoms with Gasteiger partial charge < -0.3 is 21.5 Å². The van der Waals surface area contributed by atoms with Crippen LogP contribution in [0.1, 0.15) is 43.3 Å². The van der Waals surface area contributed by atoms with Crippen molar-refractivity contribution >= 4 is 27.9 Å². The van der Waals surface area contributed by atoms with Gasteiger partial charge >= 0.3 is 0 Å². The molecular weight excluding hydrogens is 262 g/mol. The Kier molecular flexibility index (Phi) is 5.47. The van der Waals surface area contributed by atoms with Gasteiger partial charge in [-0.25, -0.2) is 0 Å². The van der Waals surface area contributed by atoms with Crippen LogP contribution in [0.4, 0.5) is 10.7 Å². The lowest BCUT2D eigenvalue weighted by Crippen LogP contribution is -2.17. The number of nitrogens with two attached hydrogens (primary N) is 2. The first-order chi connectivity index (χ1) is 8.90. The number of anilines is 2. The third-order valence-corrected chi connectivity index (χ3v) is 4.29. The van der Waals surface area contributed by atoms with Crippen LogP contribution in [-0.4, -0.2) is 19.1 Å².